The van der Waals surface area contributed by atoms with Crippen LogP contribution in [0.4, 0.5) is 0 Å². The van der Waals surface area contributed by atoms with Gasteiger partial charge < -0.3 is 14.6 Å². The molecule has 0 spiro atoms. The summed E-state index contributed by atoms with van der Waals surface area (Å²) < 4.78 is 5.61. The van der Waals surface area contributed by atoms with Gasteiger partial charge in [-0.2, -0.15) is 0 Å². The van der Waals surface area contributed by atoms with E-state index in [-0.39, 0.29) is 18.0 Å². The molecule has 1 aromatic carbocycles. The van der Waals surface area contributed by atoms with E-state index in [4.69, 9.17) is 4.74 Å². The van der Waals surface area contributed by atoms with Gasteiger partial charge in [-0.05, 0) is 60.7 Å². The number of aromatic amines is 1. The number of aromatic nitrogens is 1. The molecule has 3 aromatic rings. The molecule has 1 amide bonds. The predicted molar refractivity (Wildman–Crippen MR) is 112 cm³/mol. The Kier molecular flexibility index (Phi) is 5.33. The van der Waals surface area contributed by atoms with Crippen molar-refractivity contribution in [1.29, 1.82) is 0 Å². The molecule has 3 heterocycles. The Morgan fingerprint density at radius 2 is 2.14 bits per heavy atom. The van der Waals surface area contributed by atoms with Gasteiger partial charge in [0.15, 0.2) is 0 Å². The zero-order chi connectivity index (χ0) is 19.7. The van der Waals surface area contributed by atoms with Crippen LogP contribution in [-0.2, 0) is 22.6 Å². The van der Waals surface area contributed by atoms with Gasteiger partial charge in [0, 0.05) is 17.0 Å². The van der Waals surface area contributed by atoms with Gasteiger partial charge in [0.25, 0.3) is 11.5 Å². The summed E-state index contributed by atoms with van der Waals surface area (Å²) in [4.78, 5) is 31.7. The number of pyridine rings is 1. The third-order valence-corrected chi connectivity index (χ3v) is 6.29. The second-order valence-corrected chi connectivity index (χ2v) is 8.40. The first kappa shape index (κ1) is 18.9. The number of nitrogens with one attached hydrogen (secondary N) is 1. The van der Waals surface area contributed by atoms with Gasteiger partial charge in [0.1, 0.15) is 6.10 Å². The molecule has 1 atom stereocenters. The van der Waals surface area contributed by atoms with Crippen LogP contribution in [0.15, 0.2) is 40.5 Å². The number of benzene rings is 1. The van der Waals surface area contributed by atoms with E-state index in [9.17, 15) is 9.59 Å². The molecule has 2 aromatic heterocycles. The highest BCUT2D eigenvalue weighted by Crippen LogP contribution is 2.22. The van der Waals surface area contributed by atoms with Gasteiger partial charge in [-0.3, -0.25) is 9.59 Å². The predicted octanol–water partition coefficient (Wildman–Crippen LogP) is 3.91. The van der Waals surface area contributed by atoms with Crippen LogP contribution in [-0.4, -0.2) is 28.5 Å². The van der Waals surface area contributed by atoms with Crippen LogP contribution in [0.25, 0.3) is 10.9 Å². The Labute approximate surface area is 168 Å². The van der Waals surface area contributed by atoms with Crippen LogP contribution in [0.1, 0.15) is 34.4 Å². The number of fused-ring (bicyclic) bond motifs is 1. The molecule has 0 saturated carbocycles. The molecule has 1 aliphatic heterocycles. The fraction of sp³-hybridized carbons (Fsp3) is 0.364. The van der Waals surface area contributed by atoms with Gasteiger partial charge in [-0.25, -0.2) is 0 Å². The number of nitrogens with zero attached hydrogens (tertiary/aromatic N) is 1. The molecule has 146 valence electrons. The van der Waals surface area contributed by atoms with E-state index in [2.05, 4.69) is 11.1 Å². The number of rotatable bonds is 5. The zero-order valence-electron chi connectivity index (χ0n) is 16.2. The summed E-state index contributed by atoms with van der Waals surface area (Å²) in [5, 5.41) is 2.98. The van der Waals surface area contributed by atoms with Gasteiger partial charge in [0.2, 0.25) is 0 Å². The first-order valence-corrected chi connectivity index (χ1v) is 10.5. The third kappa shape index (κ3) is 3.75. The fourth-order valence-corrected chi connectivity index (χ4v) is 4.39. The van der Waals surface area contributed by atoms with E-state index < -0.39 is 6.10 Å². The van der Waals surface area contributed by atoms with Crippen molar-refractivity contribution in [3.63, 3.8) is 0 Å². The molecule has 0 radical (unpaired) electrons. The zero-order valence-corrected chi connectivity index (χ0v) is 17.0. The molecular weight excluding hydrogens is 372 g/mol. The average molecular weight is 397 g/mol. The van der Waals surface area contributed by atoms with Crippen molar-refractivity contribution < 1.29 is 9.53 Å². The minimum atomic E-state index is -0.399. The van der Waals surface area contributed by atoms with Crippen molar-refractivity contribution in [3.05, 3.63) is 67.6 Å². The molecule has 0 bridgehead atoms. The number of H-pyrrole nitrogens is 1. The van der Waals surface area contributed by atoms with Crippen LogP contribution in [0.3, 0.4) is 0 Å². The number of carbonyl (C=O) groups excluding carboxylic acids is 1. The lowest BCUT2D eigenvalue weighted by Crippen LogP contribution is -2.39. The molecule has 6 heteroatoms. The van der Waals surface area contributed by atoms with Crippen molar-refractivity contribution in [1.82, 2.24) is 9.88 Å². The van der Waals surface area contributed by atoms with E-state index in [0.29, 0.717) is 18.7 Å². The maximum absolute atomic E-state index is 13.0. The van der Waals surface area contributed by atoms with Crippen molar-refractivity contribution in [2.75, 3.05) is 6.61 Å². The largest absolute Gasteiger partial charge is 0.368 e. The van der Waals surface area contributed by atoms with Crippen LogP contribution < -0.4 is 5.56 Å². The molecule has 1 aliphatic rings. The average Bonchev–Trinajstić information content (AvgIpc) is 3.39. The van der Waals surface area contributed by atoms with Crippen LogP contribution in [0.2, 0.25) is 0 Å². The van der Waals surface area contributed by atoms with E-state index >= 15 is 0 Å². The standard InChI is InChI=1S/C22H24N2O3S/c1-14-7-8-16-11-17(21(25)23-20(16)15(14)2)12-24(13-18-5-4-10-28-18)22(26)19-6-3-9-27-19/h4-5,7-8,10-11,19H,3,6,9,12-13H2,1-2H3,(H,23,25). The normalized spacial score (nSPS) is 16.6. The lowest BCUT2D eigenvalue weighted by atomic mass is 10.0. The highest BCUT2D eigenvalue weighted by Gasteiger charge is 2.29. The van der Waals surface area contributed by atoms with Gasteiger partial charge in [-0.1, -0.05) is 18.2 Å². The second kappa shape index (κ2) is 7.89. The maximum atomic E-state index is 13.0. The Bertz CT molecular complexity index is 1050. The van der Waals surface area contributed by atoms with E-state index in [0.717, 1.165) is 39.7 Å². The summed E-state index contributed by atoms with van der Waals surface area (Å²) in [6.07, 6.45) is 1.24. The second-order valence-electron chi connectivity index (χ2n) is 7.37. The first-order chi connectivity index (χ1) is 13.5. The monoisotopic (exact) mass is 396 g/mol. The number of hydrogen-bond donors (Lipinski definition) is 1. The van der Waals surface area contributed by atoms with Gasteiger partial charge in [0.05, 0.1) is 18.6 Å². The Morgan fingerprint density at radius 3 is 2.86 bits per heavy atom. The number of aryl methyl sites for hydroxylation is 2. The van der Waals surface area contributed by atoms with Crippen molar-refractivity contribution in [2.45, 2.75) is 45.9 Å². The van der Waals surface area contributed by atoms with Crippen LogP contribution in [0.5, 0.6) is 0 Å². The number of hydrogen-bond acceptors (Lipinski definition) is 4. The van der Waals surface area contributed by atoms with Crippen LogP contribution in [0, 0.1) is 13.8 Å². The molecule has 4 rings (SSSR count). The van der Waals surface area contributed by atoms with E-state index in [1.165, 1.54) is 0 Å². The minimum Gasteiger partial charge on any atom is -0.368 e. The van der Waals surface area contributed by atoms with E-state index in [1.54, 1.807) is 16.2 Å². The summed E-state index contributed by atoms with van der Waals surface area (Å²) in [5.41, 5.74) is 3.54. The van der Waals surface area contributed by atoms with Gasteiger partial charge in [-0.15, -0.1) is 11.3 Å². The van der Waals surface area contributed by atoms with Crippen molar-refractivity contribution >= 4 is 28.1 Å². The Hall–Kier alpha value is -2.44. The molecule has 0 aliphatic carbocycles. The van der Waals surface area contributed by atoms with Crippen molar-refractivity contribution in [3.8, 4) is 0 Å². The van der Waals surface area contributed by atoms with Gasteiger partial charge >= 0.3 is 0 Å². The van der Waals surface area contributed by atoms with Crippen LogP contribution >= 0.6 is 11.3 Å². The lowest BCUT2D eigenvalue weighted by Gasteiger charge is -2.25. The quantitative estimate of drug-likeness (QED) is 0.711. The molecule has 1 saturated heterocycles. The summed E-state index contributed by atoms with van der Waals surface area (Å²) in [5.74, 6) is -0.0366. The lowest BCUT2D eigenvalue weighted by molar-refractivity contribution is -0.142. The number of ether oxygens (including phenoxy) is 1. The fourth-order valence-electron chi connectivity index (χ4n) is 3.67. The highest BCUT2D eigenvalue weighted by molar-refractivity contribution is 7.09. The summed E-state index contributed by atoms with van der Waals surface area (Å²) in [7, 11) is 0. The summed E-state index contributed by atoms with van der Waals surface area (Å²) >= 11 is 1.61. The minimum absolute atomic E-state index is 0.0366. The smallest absolute Gasteiger partial charge is 0.253 e. The van der Waals surface area contributed by atoms with Crippen molar-refractivity contribution in [2.24, 2.45) is 0 Å². The number of thiophene rings is 1. The summed E-state index contributed by atoms with van der Waals surface area (Å²) in [6.45, 7) is 5.43. The molecular formula is C22H24N2O3S. The highest BCUT2D eigenvalue weighted by atomic mass is 32.1. The number of amides is 1. The molecule has 28 heavy (non-hydrogen) atoms. The number of carbonyl (C=O) groups is 1. The Balaban J connectivity index is 1.67. The molecule has 5 nitrogen and oxygen atoms in total. The molecule has 1 unspecified atom stereocenters. The topological polar surface area (TPSA) is 62.4 Å². The maximum Gasteiger partial charge on any atom is 0.253 e. The third-order valence-electron chi connectivity index (χ3n) is 5.43. The molecule has 1 N–H and O–H groups in total. The van der Waals surface area contributed by atoms with E-state index in [1.807, 2.05) is 43.5 Å². The Morgan fingerprint density at radius 1 is 1.29 bits per heavy atom. The summed E-state index contributed by atoms with van der Waals surface area (Å²) in [6, 6.07) is 9.97. The molecule has 1 fully saturated rings. The SMILES string of the molecule is Cc1ccc2cc(CN(Cc3cccs3)C(=O)C3CCCO3)c(=O)[nH]c2c1C. The first-order valence-electron chi connectivity index (χ1n) is 9.58.